The number of nitrogens with two attached hydrogens (primary N) is 5. The summed E-state index contributed by atoms with van der Waals surface area (Å²) in [7, 11) is 0. The highest BCUT2D eigenvalue weighted by molar-refractivity contribution is 5.89. The second-order valence-corrected chi connectivity index (χ2v) is 12.5. The Morgan fingerprint density at radius 1 is 1.05 bits per heavy atom. The zero-order valence-corrected chi connectivity index (χ0v) is 24.2. The average Bonchev–Trinajstić information content (AvgIpc) is 3.59. The number of amides is 1. The fraction of sp³-hybridized carbons (Fsp3) is 0.962. The Balaban J connectivity index is 1.52. The van der Waals surface area contributed by atoms with Gasteiger partial charge in [-0.3, -0.25) is 4.79 Å². The van der Waals surface area contributed by atoms with Crippen molar-refractivity contribution < 1.29 is 49.6 Å². The van der Waals surface area contributed by atoms with Gasteiger partial charge in [-0.25, -0.2) is 0 Å². The molecule has 18 N–H and O–H groups in total. The molecule has 16 unspecified atom stereocenters. The maximum Gasteiger partial charge on any atom is 0.253 e. The first-order valence-corrected chi connectivity index (χ1v) is 15.1. The van der Waals surface area contributed by atoms with Crippen LogP contribution in [0.3, 0.4) is 0 Å². The van der Waals surface area contributed by atoms with Crippen LogP contribution in [0.2, 0.25) is 0 Å². The molecule has 250 valence electrons. The van der Waals surface area contributed by atoms with E-state index in [-0.39, 0.29) is 18.9 Å². The lowest BCUT2D eigenvalue weighted by atomic mass is 9.72. The molecule has 0 aromatic carbocycles. The van der Waals surface area contributed by atoms with Crippen molar-refractivity contribution in [2.24, 2.45) is 34.6 Å². The summed E-state index contributed by atoms with van der Waals surface area (Å²) in [6.45, 7) is 0.508. The molecule has 2 saturated heterocycles. The van der Waals surface area contributed by atoms with Crippen LogP contribution in [0.5, 0.6) is 0 Å². The summed E-state index contributed by atoms with van der Waals surface area (Å²) in [5.41, 5.74) is 28.5. The van der Waals surface area contributed by atoms with E-state index in [9.17, 15) is 35.4 Å². The number of carbonyl (C=O) groups is 1. The Kier molecular flexibility index (Phi) is 11.7. The minimum absolute atomic E-state index is 0.0626. The fourth-order valence-corrected chi connectivity index (χ4v) is 6.43. The minimum atomic E-state index is -1.77. The number of aliphatic hydroxyl groups is 6. The standard InChI is InChI=1S/C26H51N7O10/c27-4-3-10(35)7-32-8-11-1-2-12(28)22(41-11)17-13(29)5-14(33-25(39)26(40)6-16(26)30)23(20(17)37)43-24-21(38)18(31)19(36)15(9-34)42-24/h10-24,32,34-38,40H,1-9,27-31H2,(H,33,39). The number of ether oxygens (including phenoxy) is 3. The van der Waals surface area contributed by atoms with Gasteiger partial charge < -0.3 is 84.2 Å². The summed E-state index contributed by atoms with van der Waals surface area (Å²) < 4.78 is 18.0. The monoisotopic (exact) mass is 621 g/mol. The fourth-order valence-electron chi connectivity index (χ4n) is 6.43. The highest BCUT2D eigenvalue weighted by Gasteiger charge is 2.59. The quantitative estimate of drug-likeness (QED) is 0.0962. The predicted octanol–water partition coefficient (Wildman–Crippen LogP) is -7.03. The Morgan fingerprint density at radius 3 is 2.37 bits per heavy atom. The van der Waals surface area contributed by atoms with Crippen molar-refractivity contribution in [3.8, 4) is 0 Å². The minimum Gasteiger partial charge on any atom is -0.394 e. The van der Waals surface area contributed by atoms with Crippen molar-refractivity contribution >= 4 is 5.91 Å². The molecule has 2 aliphatic heterocycles. The van der Waals surface area contributed by atoms with Gasteiger partial charge in [-0.15, -0.1) is 0 Å². The third-order valence-electron chi connectivity index (χ3n) is 9.30. The zero-order valence-electron chi connectivity index (χ0n) is 24.2. The lowest BCUT2D eigenvalue weighted by Gasteiger charge is -2.51. The molecule has 0 bridgehead atoms. The lowest BCUT2D eigenvalue weighted by Crippen LogP contribution is -2.69. The van der Waals surface area contributed by atoms with Crippen LogP contribution < -0.4 is 39.3 Å². The van der Waals surface area contributed by atoms with E-state index in [0.717, 1.165) is 0 Å². The normalized spacial score (nSPS) is 47.6. The highest BCUT2D eigenvalue weighted by atomic mass is 16.7. The van der Waals surface area contributed by atoms with Crippen LogP contribution in [0.1, 0.15) is 32.1 Å². The molecule has 0 aromatic rings. The lowest BCUT2D eigenvalue weighted by molar-refractivity contribution is -0.306. The topological polar surface area (TPSA) is 320 Å². The maximum atomic E-state index is 12.9. The van der Waals surface area contributed by atoms with Crippen molar-refractivity contribution in [1.82, 2.24) is 10.6 Å². The molecule has 4 aliphatic rings. The molecule has 43 heavy (non-hydrogen) atoms. The van der Waals surface area contributed by atoms with Gasteiger partial charge >= 0.3 is 0 Å². The summed E-state index contributed by atoms with van der Waals surface area (Å²) in [6.07, 6.45) is -8.04. The van der Waals surface area contributed by atoms with E-state index < -0.39 is 103 Å². The van der Waals surface area contributed by atoms with E-state index in [1.54, 1.807) is 0 Å². The molecular formula is C26H51N7O10. The molecule has 2 aliphatic carbocycles. The first kappa shape index (κ1) is 34.7. The molecule has 2 saturated carbocycles. The van der Waals surface area contributed by atoms with E-state index in [2.05, 4.69) is 10.6 Å². The Hall–Kier alpha value is -1.13. The Labute approximate surface area is 250 Å². The Bertz CT molecular complexity index is 926. The number of hydrogen-bond donors (Lipinski definition) is 13. The molecular weight excluding hydrogens is 570 g/mol. The average molecular weight is 622 g/mol. The molecule has 16 atom stereocenters. The smallest absolute Gasteiger partial charge is 0.253 e. The zero-order chi connectivity index (χ0) is 31.6. The second-order valence-electron chi connectivity index (χ2n) is 12.5. The van der Waals surface area contributed by atoms with Crippen molar-refractivity contribution in [1.29, 1.82) is 0 Å². The van der Waals surface area contributed by atoms with Gasteiger partial charge in [0.15, 0.2) is 11.9 Å². The van der Waals surface area contributed by atoms with Crippen LogP contribution in [-0.2, 0) is 19.0 Å². The van der Waals surface area contributed by atoms with E-state index in [1.807, 2.05) is 0 Å². The van der Waals surface area contributed by atoms with Crippen LogP contribution in [0, 0.1) is 5.92 Å². The summed E-state index contributed by atoms with van der Waals surface area (Å²) >= 11 is 0. The number of nitrogens with one attached hydrogen (secondary N) is 2. The van der Waals surface area contributed by atoms with E-state index >= 15 is 0 Å². The van der Waals surface area contributed by atoms with Gasteiger partial charge in [0.2, 0.25) is 0 Å². The molecule has 0 radical (unpaired) electrons. The summed E-state index contributed by atoms with van der Waals surface area (Å²) in [5.74, 6) is -1.53. The van der Waals surface area contributed by atoms with E-state index in [4.69, 9.17) is 42.9 Å². The molecule has 0 aromatic heterocycles. The van der Waals surface area contributed by atoms with Gasteiger partial charge in [0.25, 0.3) is 5.91 Å². The summed E-state index contributed by atoms with van der Waals surface area (Å²) in [4.78, 5) is 12.9. The molecule has 2 heterocycles. The van der Waals surface area contributed by atoms with Crippen LogP contribution in [-0.4, -0.2) is 154 Å². The van der Waals surface area contributed by atoms with Crippen molar-refractivity contribution in [3.63, 3.8) is 0 Å². The third-order valence-corrected chi connectivity index (χ3v) is 9.30. The van der Waals surface area contributed by atoms with Crippen LogP contribution >= 0.6 is 0 Å². The predicted molar refractivity (Wildman–Crippen MR) is 151 cm³/mol. The van der Waals surface area contributed by atoms with Gasteiger partial charge in [-0.1, -0.05) is 0 Å². The maximum absolute atomic E-state index is 12.9. The number of aliphatic hydroxyl groups excluding tert-OH is 5. The molecule has 17 heteroatoms. The first-order valence-electron chi connectivity index (χ1n) is 15.1. The van der Waals surface area contributed by atoms with Gasteiger partial charge in [-0.05, 0) is 32.2 Å². The van der Waals surface area contributed by atoms with E-state index in [0.29, 0.717) is 38.9 Å². The molecule has 0 spiro atoms. The van der Waals surface area contributed by atoms with E-state index in [1.165, 1.54) is 0 Å². The number of hydrogen-bond acceptors (Lipinski definition) is 16. The second kappa shape index (κ2) is 14.5. The molecule has 1 amide bonds. The van der Waals surface area contributed by atoms with Gasteiger partial charge in [-0.2, -0.15) is 0 Å². The molecule has 17 nitrogen and oxygen atoms in total. The van der Waals surface area contributed by atoms with Crippen molar-refractivity contribution in [2.75, 3.05) is 26.2 Å². The third kappa shape index (κ3) is 7.65. The van der Waals surface area contributed by atoms with Crippen molar-refractivity contribution in [2.45, 2.75) is 123 Å². The number of carbonyl (C=O) groups excluding carboxylic acids is 1. The van der Waals surface area contributed by atoms with Gasteiger partial charge in [0.1, 0.15) is 24.4 Å². The highest BCUT2D eigenvalue weighted by Crippen LogP contribution is 2.38. The first-order chi connectivity index (χ1) is 20.3. The summed E-state index contributed by atoms with van der Waals surface area (Å²) in [5, 5.41) is 68.7. The van der Waals surface area contributed by atoms with Crippen LogP contribution in [0.4, 0.5) is 0 Å². The Morgan fingerprint density at radius 2 is 1.74 bits per heavy atom. The number of rotatable bonds is 12. The SMILES string of the molecule is NCCC(O)CNCC1CCC(N)C(C2C(N)CC(NC(=O)C3(O)CC3N)C(OC3OC(CO)C(O)C(N)C3O)C2O)O1. The molecule has 4 fully saturated rings. The van der Waals surface area contributed by atoms with Crippen molar-refractivity contribution in [3.05, 3.63) is 0 Å². The van der Waals surface area contributed by atoms with Gasteiger partial charge in [0.05, 0.1) is 43.1 Å². The van der Waals surface area contributed by atoms with Crippen LogP contribution in [0.25, 0.3) is 0 Å². The van der Waals surface area contributed by atoms with Crippen LogP contribution in [0.15, 0.2) is 0 Å². The largest absolute Gasteiger partial charge is 0.394 e. The molecule has 4 rings (SSSR count). The van der Waals surface area contributed by atoms with Gasteiger partial charge in [0, 0.05) is 43.6 Å². The summed E-state index contributed by atoms with van der Waals surface area (Å²) in [6, 6.07) is -4.16.